The molecule has 0 aliphatic rings. The zero-order valence-corrected chi connectivity index (χ0v) is 12.6. The van der Waals surface area contributed by atoms with Crippen LogP contribution in [0, 0.1) is 13.8 Å². The Labute approximate surface area is 124 Å². The maximum atomic E-state index is 12.2. The van der Waals surface area contributed by atoms with Crippen LogP contribution in [0.25, 0.3) is 0 Å². The number of phenolic OH excluding ortho intramolecular Hbond substituents is 1. The Morgan fingerprint density at radius 3 is 2.52 bits per heavy atom. The average molecular weight is 304 g/mol. The Balaban J connectivity index is 2.21. The molecule has 0 aliphatic heterocycles. The highest BCUT2D eigenvalue weighted by Crippen LogP contribution is 2.16. The Kier molecular flexibility index (Phi) is 4.28. The molecule has 0 aliphatic carbocycles. The molecule has 2 aromatic carbocycles. The van der Waals surface area contributed by atoms with E-state index >= 15 is 0 Å². The molecule has 6 heteroatoms. The monoisotopic (exact) mass is 304 g/mol. The number of phenols is 1. The lowest BCUT2D eigenvalue weighted by Crippen LogP contribution is -2.19. The first-order valence-corrected chi connectivity index (χ1v) is 7.78. The summed E-state index contributed by atoms with van der Waals surface area (Å²) in [6.45, 7) is 3.63. The van der Waals surface area contributed by atoms with Crippen LogP contribution in [0.15, 0.2) is 52.5 Å². The number of sulfonamides is 1. The predicted molar refractivity (Wildman–Crippen MR) is 81.9 cm³/mol. The molecular weight excluding hydrogens is 288 g/mol. The van der Waals surface area contributed by atoms with Gasteiger partial charge in [0.05, 0.1) is 11.1 Å². The SMILES string of the molecule is Cc1ccc(S(=O)(=O)NN=Cc2ccccc2O)c(C)c1. The van der Waals surface area contributed by atoms with E-state index in [0.29, 0.717) is 11.1 Å². The van der Waals surface area contributed by atoms with Gasteiger partial charge in [-0.15, -0.1) is 0 Å². The number of aromatic hydroxyl groups is 1. The quantitative estimate of drug-likeness (QED) is 0.672. The highest BCUT2D eigenvalue weighted by molar-refractivity contribution is 7.89. The van der Waals surface area contributed by atoms with E-state index in [-0.39, 0.29) is 10.6 Å². The molecule has 0 saturated heterocycles. The van der Waals surface area contributed by atoms with Gasteiger partial charge in [-0.3, -0.25) is 0 Å². The number of hydrogen-bond donors (Lipinski definition) is 2. The van der Waals surface area contributed by atoms with Gasteiger partial charge in [-0.1, -0.05) is 29.8 Å². The first kappa shape index (κ1) is 15.1. The lowest BCUT2D eigenvalue weighted by Gasteiger charge is -2.07. The zero-order chi connectivity index (χ0) is 15.5. The number of hydrazone groups is 1. The maximum absolute atomic E-state index is 12.2. The van der Waals surface area contributed by atoms with E-state index in [4.69, 9.17) is 0 Å². The Morgan fingerprint density at radius 1 is 1.14 bits per heavy atom. The van der Waals surface area contributed by atoms with Gasteiger partial charge in [0, 0.05) is 5.56 Å². The van der Waals surface area contributed by atoms with Gasteiger partial charge in [0.2, 0.25) is 0 Å². The largest absolute Gasteiger partial charge is 0.507 e. The van der Waals surface area contributed by atoms with Crippen LogP contribution >= 0.6 is 0 Å². The summed E-state index contributed by atoms with van der Waals surface area (Å²) in [5.74, 6) is 0.0342. The van der Waals surface area contributed by atoms with Crippen LogP contribution in [0.3, 0.4) is 0 Å². The van der Waals surface area contributed by atoms with Gasteiger partial charge < -0.3 is 5.11 Å². The third-order valence-electron chi connectivity index (χ3n) is 2.93. The Morgan fingerprint density at radius 2 is 1.86 bits per heavy atom. The van der Waals surface area contributed by atoms with Gasteiger partial charge in [-0.25, -0.2) is 4.83 Å². The van der Waals surface area contributed by atoms with Crippen molar-refractivity contribution < 1.29 is 13.5 Å². The number of rotatable bonds is 4. The smallest absolute Gasteiger partial charge is 0.276 e. The highest BCUT2D eigenvalue weighted by atomic mass is 32.2. The minimum Gasteiger partial charge on any atom is -0.507 e. The molecule has 2 N–H and O–H groups in total. The van der Waals surface area contributed by atoms with Gasteiger partial charge in [-0.2, -0.15) is 13.5 Å². The van der Waals surface area contributed by atoms with Crippen molar-refractivity contribution in [2.75, 3.05) is 0 Å². The van der Waals surface area contributed by atoms with Crippen LogP contribution in [0.1, 0.15) is 16.7 Å². The van der Waals surface area contributed by atoms with Crippen LogP contribution in [0.2, 0.25) is 0 Å². The Hall–Kier alpha value is -2.34. The molecular formula is C15H16N2O3S. The second-order valence-corrected chi connectivity index (χ2v) is 6.31. The summed E-state index contributed by atoms with van der Waals surface area (Å²) in [6, 6.07) is 11.6. The fourth-order valence-corrected chi connectivity index (χ4v) is 2.93. The molecule has 0 fully saturated rings. The van der Waals surface area contributed by atoms with Crippen molar-refractivity contribution in [1.82, 2.24) is 4.83 Å². The van der Waals surface area contributed by atoms with Crippen molar-refractivity contribution >= 4 is 16.2 Å². The summed E-state index contributed by atoms with van der Waals surface area (Å²) in [6.07, 6.45) is 1.26. The molecule has 0 spiro atoms. The molecule has 0 radical (unpaired) electrons. The summed E-state index contributed by atoms with van der Waals surface area (Å²) in [7, 11) is -3.72. The lowest BCUT2D eigenvalue weighted by molar-refractivity contribution is 0.474. The fourth-order valence-electron chi connectivity index (χ4n) is 1.91. The molecule has 110 valence electrons. The predicted octanol–water partition coefficient (Wildman–Crippen LogP) is 2.32. The van der Waals surface area contributed by atoms with E-state index in [1.165, 1.54) is 12.3 Å². The number of benzene rings is 2. The van der Waals surface area contributed by atoms with E-state index in [2.05, 4.69) is 9.93 Å². The fraction of sp³-hybridized carbons (Fsp3) is 0.133. The number of para-hydroxylation sites is 1. The van der Waals surface area contributed by atoms with Gasteiger partial charge in [0.15, 0.2) is 0 Å². The molecule has 2 aromatic rings. The van der Waals surface area contributed by atoms with Crippen molar-refractivity contribution in [2.45, 2.75) is 18.7 Å². The van der Waals surface area contributed by atoms with Crippen molar-refractivity contribution in [1.29, 1.82) is 0 Å². The summed E-state index contributed by atoms with van der Waals surface area (Å²) in [5.41, 5.74) is 2.07. The minimum atomic E-state index is -3.72. The van der Waals surface area contributed by atoms with E-state index < -0.39 is 10.0 Å². The molecule has 0 heterocycles. The van der Waals surface area contributed by atoms with Crippen LogP contribution in [0.4, 0.5) is 0 Å². The van der Waals surface area contributed by atoms with Gasteiger partial charge >= 0.3 is 0 Å². The molecule has 0 unspecified atom stereocenters. The third kappa shape index (κ3) is 3.61. The molecule has 5 nitrogen and oxygen atoms in total. The van der Waals surface area contributed by atoms with E-state index in [9.17, 15) is 13.5 Å². The zero-order valence-electron chi connectivity index (χ0n) is 11.7. The number of hydrogen-bond acceptors (Lipinski definition) is 4. The highest BCUT2D eigenvalue weighted by Gasteiger charge is 2.15. The first-order valence-electron chi connectivity index (χ1n) is 6.30. The van der Waals surface area contributed by atoms with Crippen molar-refractivity contribution in [3.05, 3.63) is 59.2 Å². The maximum Gasteiger partial charge on any atom is 0.276 e. The summed E-state index contributed by atoms with van der Waals surface area (Å²) >= 11 is 0. The lowest BCUT2D eigenvalue weighted by atomic mass is 10.2. The van der Waals surface area contributed by atoms with Crippen LogP contribution in [-0.2, 0) is 10.0 Å². The minimum absolute atomic E-state index is 0.0342. The summed E-state index contributed by atoms with van der Waals surface area (Å²) in [4.78, 5) is 2.32. The second-order valence-electron chi connectivity index (χ2n) is 4.68. The van der Waals surface area contributed by atoms with Gasteiger partial charge in [-0.05, 0) is 37.6 Å². The molecule has 21 heavy (non-hydrogen) atoms. The number of nitrogens with one attached hydrogen (secondary N) is 1. The topological polar surface area (TPSA) is 78.8 Å². The third-order valence-corrected chi connectivity index (χ3v) is 4.32. The number of nitrogens with zero attached hydrogens (tertiary/aromatic N) is 1. The van der Waals surface area contributed by atoms with Crippen LogP contribution < -0.4 is 4.83 Å². The van der Waals surface area contributed by atoms with Crippen molar-refractivity contribution in [3.8, 4) is 5.75 Å². The van der Waals surface area contributed by atoms with E-state index in [0.717, 1.165) is 5.56 Å². The molecule has 2 rings (SSSR count). The van der Waals surface area contributed by atoms with Crippen LogP contribution in [-0.4, -0.2) is 19.7 Å². The molecule has 0 amide bonds. The first-order chi connectivity index (χ1) is 9.90. The summed E-state index contributed by atoms with van der Waals surface area (Å²) in [5, 5.41) is 13.3. The van der Waals surface area contributed by atoms with Crippen molar-refractivity contribution in [3.63, 3.8) is 0 Å². The normalized spacial score (nSPS) is 11.7. The van der Waals surface area contributed by atoms with Crippen LogP contribution in [0.5, 0.6) is 5.75 Å². The number of aryl methyl sites for hydroxylation is 2. The molecule has 0 aromatic heterocycles. The standard InChI is InChI=1S/C15H16N2O3S/c1-11-7-8-15(12(2)9-11)21(19,20)17-16-10-13-5-3-4-6-14(13)18/h3-10,17-18H,1-2H3. The van der Waals surface area contributed by atoms with Gasteiger partial charge in [0.25, 0.3) is 10.0 Å². The molecule has 0 atom stereocenters. The summed E-state index contributed by atoms with van der Waals surface area (Å²) < 4.78 is 24.3. The van der Waals surface area contributed by atoms with Gasteiger partial charge in [0.1, 0.15) is 5.75 Å². The van der Waals surface area contributed by atoms with Crippen molar-refractivity contribution in [2.24, 2.45) is 5.10 Å². The Bertz CT molecular complexity index is 783. The molecule has 0 bridgehead atoms. The molecule has 0 saturated carbocycles. The average Bonchev–Trinajstić information content (AvgIpc) is 2.40. The second kappa shape index (κ2) is 5.97. The van der Waals surface area contributed by atoms with E-state index in [1.807, 2.05) is 6.92 Å². The van der Waals surface area contributed by atoms with E-state index in [1.54, 1.807) is 43.3 Å².